The number of thiophene rings is 1. The number of benzene rings is 2. The minimum Gasteiger partial charge on any atom is -0.489 e. The SMILES string of the molecule is O=C(O)Cc1ccccc1OCc1ccccc1-c1ccsc1. The van der Waals surface area contributed by atoms with Gasteiger partial charge >= 0.3 is 5.97 Å². The van der Waals surface area contributed by atoms with Crippen LogP contribution in [0.25, 0.3) is 11.1 Å². The molecule has 1 aromatic heterocycles. The Hall–Kier alpha value is -2.59. The first-order valence-electron chi connectivity index (χ1n) is 7.27. The second-order valence-electron chi connectivity index (χ2n) is 5.14. The summed E-state index contributed by atoms with van der Waals surface area (Å²) in [5, 5.41) is 13.2. The Morgan fingerprint density at radius 1 is 1.00 bits per heavy atom. The average molecular weight is 324 g/mol. The Labute approximate surface area is 138 Å². The molecule has 1 N–H and O–H groups in total. The molecule has 0 aliphatic rings. The van der Waals surface area contributed by atoms with E-state index in [0.717, 1.165) is 11.1 Å². The lowest BCUT2D eigenvalue weighted by Gasteiger charge is -2.13. The lowest BCUT2D eigenvalue weighted by atomic mass is 10.0. The maximum absolute atomic E-state index is 11.0. The summed E-state index contributed by atoms with van der Waals surface area (Å²) < 4.78 is 5.90. The van der Waals surface area contributed by atoms with E-state index in [2.05, 4.69) is 22.9 Å². The molecule has 23 heavy (non-hydrogen) atoms. The molecule has 0 saturated carbocycles. The summed E-state index contributed by atoms with van der Waals surface area (Å²) in [7, 11) is 0. The Kier molecular flexibility index (Phi) is 4.74. The van der Waals surface area contributed by atoms with Crippen molar-refractivity contribution >= 4 is 17.3 Å². The Morgan fingerprint density at radius 3 is 2.48 bits per heavy atom. The standard InChI is InChI=1S/C19H16O3S/c20-19(21)11-14-5-2-4-8-18(14)22-12-15-6-1-3-7-17(15)16-9-10-23-13-16/h1-10,13H,11-12H2,(H,20,21). The number of aliphatic carboxylic acids is 1. The number of carboxylic acids is 1. The van der Waals surface area contributed by atoms with Crippen LogP contribution in [-0.4, -0.2) is 11.1 Å². The minimum absolute atomic E-state index is 0.0393. The van der Waals surface area contributed by atoms with Gasteiger partial charge in [-0.2, -0.15) is 11.3 Å². The molecule has 0 saturated heterocycles. The molecular weight excluding hydrogens is 308 g/mol. The van der Waals surface area contributed by atoms with Gasteiger partial charge in [0.1, 0.15) is 12.4 Å². The van der Waals surface area contributed by atoms with Crippen LogP contribution in [-0.2, 0) is 17.8 Å². The van der Waals surface area contributed by atoms with Crippen LogP contribution in [0.2, 0.25) is 0 Å². The van der Waals surface area contributed by atoms with E-state index < -0.39 is 5.97 Å². The normalized spacial score (nSPS) is 10.4. The fraction of sp³-hybridized carbons (Fsp3) is 0.105. The molecule has 3 aromatic rings. The van der Waals surface area contributed by atoms with E-state index in [1.165, 1.54) is 5.56 Å². The minimum atomic E-state index is -0.861. The lowest BCUT2D eigenvalue weighted by molar-refractivity contribution is -0.136. The van der Waals surface area contributed by atoms with E-state index in [9.17, 15) is 4.79 Å². The summed E-state index contributed by atoms with van der Waals surface area (Å²) in [6.07, 6.45) is -0.0393. The van der Waals surface area contributed by atoms with Crippen molar-refractivity contribution in [1.82, 2.24) is 0 Å². The van der Waals surface area contributed by atoms with Gasteiger partial charge in [-0.05, 0) is 39.6 Å². The zero-order valence-corrected chi connectivity index (χ0v) is 13.3. The van der Waals surface area contributed by atoms with E-state index in [4.69, 9.17) is 9.84 Å². The van der Waals surface area contributed by atoms with Gasteiger partial charge in [-0.1, -0.05) is 42.5 Å². The largest absolute Gasteiger partial charge is 0.489 e. The summed E-state index contributed by atoms with van der Waals surface area (Å²) in [5.74, 6) is -0.241. The third-order valence-electron chi connectivity index (χ3n) is 3.55. The van der Waals surface area contributed by atoms with Crippen molar-refractivity contribution < 1.29 is 14.6 Å². The molecule has 0 fully saturated rings. The molecule has 0 amide bonds. The van der Waals surface area contributed by atoms with Crippen LogP contribution in [0.3, 0.4) is 0 Å². The highest BCUT2D eigenvalue weighted by atomic mass is 32.1. The van der Waals surface area contributed by atoms with Crippen molar-refractivity contribution in [2.24, 2.45) is 0 Å². The highest BCUT2D eigenvalue weighted by Gasteiger charge is 2.09. The molecule has 0 spiro atoms. The van der Waals surface area contributed by atoms with Crippen LogP contribution in [0.4, 0.5) is 0 Å². The van der Waals surface area contributed by atoms with E-state index in [1.807, 2.05) is 36.4 Å². The molecular formula is C19H16O3S. The molecule has 0 aliphatic carbocycles. The number of carboxylic acid groups (broad SMARTS) is 1. The molecule has 0 radical (unpaired) electrons. The van der Waals surface area contributed by atoms with Gasteiger partial charge < -0.3 is 9.84 Å². The van der Waals surface area contributed by atoms with E-state index in [0.29, 0.717) is 17.9 Å². The van der Waals surface area contributed by atoms with Crippen molar-refractivity contribution in [1.29, 1.82) is 0 Å². The quantitative estimate of drug-likeness (QED) is 0.719. The Bertz CT molecular complexity index is 794. The molecule has 116 valence electrons. The molecule has 4 heteroatoms. The van der Waals surface area contributed by atoms with Crippen molar-refractivity contribution in [3.8, 4) is 16.9 Å². The highest BCUT2D eigenvalue weighted by molar-refractivity contribution is 7.08. The smallest absolute Gasteiger partial charge is 0.307 e. The van der Waals surface area contributed by atoms with Gasteiger partial charge in [-0.25, -0.2) is 0 Å². The summed E-state index contributed by atoms with van der Waals surface area (Å²) in [6, 6.07) is 17.5. The van der Waals surface area contributed by atoms with E-state index >= 15 is 0 Å². The number of para-hydroxylation sites is 1. The molecule has 0 aliphatic heterocycles. The second-order valence-corrected chi connectivity index (χ2v) is 5.92. The first-order chi connectivity index (χ1) is 11.2. The van der Waals surface area contributed by atoms with Crippen LogP contribution >= 0.6 is 11.3 Å². The molecule has 3 rings (SSSR count). The van der Waals surface area contributed by atoms with E-state index in [1.54, 1.807) is 17.4 Å². The Morgan fingerprint density at radius 2 is 1.74 bits per heavy atom. The number of carbonyl (C=O) groups is 1. The van der Waals surface area contributed by atoms with Gasteiger partial charge in [0, 0.05) is 5.56 Å². The summed E-state index contributed by atoms with van der Waals surface area (Å²) >= 11 is 1.66. The van der Waals surface area contributed by atoms with Crippen molar-refractivity contribution in [3.63, 3.8) is 0 Å². The third-order valence-corrected chi connectivity index (χ3v) is 4.23. The molecule has 3 nitrogen and oxygen atoms in total. The summed E-state index contributed by atoms with van der Waals surface area (Å²) in [4.78, 5) is 11.0. The zero-order valence-electron chi connectivity index (χ0n) is 12.4. The van der Waals surface area contributed by atoms with E-state index in [-0.39, 0.29) is 6.42 Å². The van der Waals surface area contributed by atoms with Crippen LogP contribution < -0.4 is 4.74 Å². The highest BCUT2D eigenvalue weighted by Crippen LogP contribution is 2.27. The molecule has 1 heterocycles. The number of ether oxygens (including phenoxy) is 1. The van der Waals surface area contributed by atoms with Gasteiger partial charge in [0.25, 0.3) is 0 Å². The number of hydrogen-bond donors (Lipinski definition) is 1. The monoisotopic (exact) mass is 324 g/mol. The van der Waals surface area contributed by atoms with Crippen LogP contribution in [0, 0.1) is 0 Å². The van der Waals surface area contributed by atoms with Gasteiger partial charge in [0.05, 0.1) is 6.42 Å². The fourth-order valence-corrected chi connectivity index (χ4v) is 3.11. The van der Waals surface area contributed by atoms with Gasteiger partial charge in [-0.15, -0.1) is 0 Å². The van der Waals surface area contributed by atoms with Crippen molar-refractivity contribution in [3.05, 3.63) is 76.5 Å². The summed E-state index contributed by atoms with van der Waals surface area (Å²) in [5.41, 5.74) is 4.08. The third kappa shape index (κ3) is 3.79. The fourth-order valence-electron chi connectivity index (χ4n) is 2.45. The van der Waals surface area contributed by atoms with Crippen molar-refractivity contribution in [2.45, 2.75) is 13.0 Å². The lowest BCUT2D eigenvalue weighted by Crippen LogP contribution is -2.04. The van der Waals surface area contributed by atoms with Crippen LogP contribution in [0.15, 0.2) is 65.4 Å². The molecule has 0 unspecified atom stereocenters. The second kappa shape index (κ2) is 7.11. The van der Waals surface area contributed by atoms with Crippen molar-refractivity contribution in [2.75, 3.05) is 0 Å². The van der Waals surface area contributed by atoms with Crippen LogP contribution in [0.5, 0.6) is 5.75 Å². The number of rotatable bonds is 6. The van der Waals surface area contributed by atoms with Gasteiger partial charge in [0.2, 0.25) is 0 Å². The zero-order chi connectivity index (χ0) is 16.1. The topological polar surface area (TPSA) is 46.5 Å². The molecule has 0 atom stereocenters. The maximum Gasteiger partial charge on any atom is 0.307 e. The molecule has 2 aromatic carbocycles. The van der Waals surface area contributed by atoms with Gasteiger partial charge in [-0.3, -0.25) is 4.79 Å². The Balaban J connectivity index is 1.81. The summed E-state index contributed by atoms with van der Waals surface area (Å²) in [6.45, 7) is 0.405. The first-order valence-corrected chi connectivity index (χ1v) is 8.21. The predicted octanol–water partition coefficient (Wildman–Crippen LogP) is 4.62. The predicted molar refractivity (Wildman–Crippen MR) is 91.9 cm³/mol. The number of hydrogen-bond acceptors (Lipinski definition) is 3. The average Bonchev–Trinajstić information content (AvgIpc) is 3.08. The molecule has 0 bridgehead atoms. The van der Waals surface area contributed by atoms with Crippen LogP contribution in [0.1, 0.15) is 11.1 Å². The maximum atomic E-state index is 11.0. The van der Waals surface area contributed by atoms with Gasteiger partial charge in [0.15, 0.2) is 0 Å². The first kappa shape index (κ1) is 15.3.